The van der Waals surface area contributed by atoms with Gasteiger partial charge in [0, 0.05) is 11.8 Å². The zero-order valence-corrected chi connectivity index (χ0v) is 12.3. The first-order chi connectivity index (χ1) is 10.4. The smallest absolute Gasteiger partial charge is 0.416 e. The summed E-state index contributed by atoms with van der Waals surface area (Å²) in [6.07, 6.45) is -2.90. The Morgan fingerprint density at radius 1 is 1.14 bits per heavy atom. The molecule has 8 heteroatoms. The maximum Gasteiger partial charge on any atom is 0.416 e. The Bertz CT molecular complexity index is 659. The molecule has 4 nitrogen and oxygen atoms in total. The van der Waals surface area contributed by atoms with Crippen molar-refractivity contribution in [2.75, 3.05) is 17.7 Å². The Labute approximate surface area is 130 Å². The summed E-state index contributed by atoms with van der Waals surface area (Å²) in [5.74, 6) is 0.447. The Balaban J connectivity index is 2.02. The van der Waals surface area contributed by atoms with Gasteiger partial charge in [-0.3, -0.25) is 0 Å². The number of pyridine rings is 1. The zero-order valence-electron chi connectivity index (χ0n) is 11.4. The van der Waals surface area contributed by atoms with Gasteiger partial charge in [-0.1, -0.05) is 6.07 Å². The predicted molar refractivity (Wildman–Crippen MR) is 82.1 cm³/mol. The van der Waals surface area contributed by atoms with E-state index in [0.29, 0.717) is 11.6 Å². The van der Waals surface area contributed by atoms with Crippen molar-refractivity contribution >= 4 is 28.7 Å². The molecule has 0 saturated heterocycles. The fraction of sp³-hybridized carbons (Fsp3) is 0.143. The van der Waals surface area contributed by atoms with Gasteiger partial charge in [0.15, 0.2) is 5.11 Å². The van der Waals surface area contributed by atoms with E-state index in [1.807, 2.05) is 0 Å². The molecular weight excluding hydrogens is 315 g/mol. The molecule has 116 valence electrons. The average Bonchev–Trinajstić information content (AvgIpc) is 2.47. The number of nitrogens with zero attached hydrogens (tertiary/aromatic N) is 1. The standard InChI is InChI=1S/C14H12F3N3OS/c1-21-12-6-5-11(8-18-12)20-13(22)19-10-4-2-3-9(7-10)14(15,16)17/h2-8H,1H3,(H2,19,20,22). The lowest BCUT2D eigenvalue weighted by Crippen LogP contribution is -2.19. The number of aromatic nitrogens is 1. The summed E-state index contributed by atoms with van der Waals surface area (Å²) in [7, 11) is 1.50. The number of hydrogen-bond acceptors (Lipinski definition) is 3. The molecule has 1 aromatic heterocycles. The number of benzene rings is 1. The lowest BCUT2D eigenvalue weighted by molar-refractivity contribution is -0.137. The first-order valence-corrected chi connectivity index (χ1v) is 6.54. The molecule has 0 unspecified atom stereocenters. The fourth-order valence-corrected chi connectivity index (χ4v) is 1.88. The second kappa shape index (κ2) is 6.61. The van der Waals surface area contributed by atoms with Gasteiger partial charge in [-0.05, 0) is 36.5 Å². The summed E-state index contributed by atoms with van der Waals surface area (Å²) in [5.41, 5.74) is 0.0884. The van der Waals surface area contributed by atoms with Crippen LogP contribution in [0.25, 0.3) is 0 Å². The molecule has 0 aliphatic heterocycles. The van der Waals surface area contributed by atoms with Crippen molar-refractivity contribution in [3.63, 3.8) is 0 Å². The molecule has 0 saturated carbocycles. The Kier molecular flexibility index (Phi) is 4.81. The van der Waals surface area contributed by atoms with Crippen LogP contribution in [0.1, 0.15) is 5.56 Å². The van der Waals surface area contributed by atoms with Crippen molar-refractivity contribution in [3.05, 3.63) is 48.2 Å². The number of hydrogen-bond donors (Lipinski definition) is 2. The minimum atomic E-state index is -4.40. The quantitative estimate of drug-likeness (QED) is 0.837. The van der Waals surface area contributed by atoms with Crippen LogP contribution in [0.15, 0.2) is 42.6 Å². The van der Waals surface area contributed by atoms with Gasteiger partial charge in [-0.15, -0.1) is 0 Å². The number of alkyl halides is 3. The third-order valence-corrected chi connectivity index (χ3v) is 2.86. The van der Waals surface area contributed by atoms with Gasteiger partial charge >= 0.3 is 6.18 Å². The van der Waals surface area contributed by atoms with Crippen molar-refractivity contribution in [2.24, 2.45) is 0 Å². The third kappa shape index (κ3) is 4.32. The molecule has 2 rings (SSSR count). The highest BCUT2D eigenvalue weighted by Gasteiger charge is 2.30. The van der Waals surface area contributed by atoms with Gasteiger partial charge in [0.2, 0.25) is 5.88 Å². The van der Waals surface area contributed by atoms with Crippen LogP contribution in [0.5, 0.6) is 5.88 Å². The van der Waals surface area contributed by atoms with Crippen molar-refractivity contribution in [1.82, 2.24) is 4.98 Å². The molecule has 0 aliphatic rings. The molecule has 22 heavy (non-hydrogen) atoms. The molecule has 2 N–H and O–H groups in total. The lowest BCUT2D eigenvalue weighted by Gasteiger charge is -2.12. The Hall–Kier alpha value is -2.35. The minimum absolute atomic E-state index is 0.159. The number of ether oxygens (including phenoxy) is 1. The molecule has 0 fully saturated rings. The molecule has 0 amide bonds. The fourth-order valence-electron chi connectivity index (χ4n) is 1.64. The summed E-state index contributed by atoms with van der Waals surface area (Å²) < 4.78 is 42.8. The Morgan fingerprint density at radius 3 is 2.45 bits per heavy atom. The zero-order chi connectivity index (χ0) is 16.2. The summed E-state index contributed by atoms with van der Waals surface area (Å²) >= 11 is 5.05. The van der Waals surface area contributed by atoms with E-state index >= 15 is 0 Å². The third-order valence-electron chi connectivity index (χ3n) is 2.65. The maximum absolute atomic E-state index is 12.6. The van der Waals surface area contributed by atoms with Crippen molar-refractivity contribution in [1.29, 1.82) is 0 Å². The van der Waals surface area contributed by atoms with E-state index < -0.39 is 11.7 Å². The van der Waals surface area contributed by atoms with Crippen LogP contribution < -0.4 is 15.4 Å². The van der Waals surface area contributed by atoms with Crippen LogP contribution in [0.3, 0.4) is 0 Å². The van der Waals surface area contributed by atoms with Gasteiger partial charge in [0.25, 0.3) is 0 Å². The van der Waals surface area contributed by atoms with Crippen LogP contribution in [0.4, 0.5) is 24.5 Å². The highest BCUT2D eigenvalue weighted by Crippen LogP contribution is 2.30. The summed E-state index contributed by atoms with van der Waals surface area (Å²) in [4.78, 5) is 3.98. The van der Waals surface area contributed by atoms with Gasteiger partial charge < -0.3 is 15.4 Å². The van der Waals surface area contributed by atoms with Crippen LogP contribution in [0, 0.1) is 0 Å². The molecule has 0 bridgehead atoms. The van der Waals surface area contributed by atoms with Gasteiger partial charge in [-0.25, -0.2) is 4.98 Å². The summed E-state index contributed by atoms with van der Waals surface area (Å²) in [6.45, 7) is 0. The SMILES string of the molecule is COc1ccc(NC(=S)Nc2cccc(C(F)(F)F)c2)cn1. The van der Waals surface area contributed by atoms with Gasteiger partial charge in [0.05, 0.1) is 24.6 Å². The van der Waals surface area contributed by atoms with E-state index in [-0.39, 0.29) is 10.8 Å². The molecular formula is C14H12F3N3OS. The predicted octanol–water partition coefficient (Wildman–Crippen LogP) is 3.92. The molecule has 2 aromatic rings. The van der Waals surface area contributed by atoms with E-state index in [1.54, 1.807) is 12.1 Å². The first-order valence-electron chi connectivity index (χ1n) is 6.14. The first kappa shape index (κ1) is 16.0. The molecule has 0 radical (unpaired) electrons. The van der Waals surface area contributed by atoms with Gasteiger partial charge in [-0.2, -0.15) is 13.2 Å². The van der Waals surface area contributed by atoms with E-state index in [9.17, 15) is 13.2 Å². The van der Waals surface area contributed by atoms with Crippen LogP contribution in [-0.4, -0.2) is 17.2 Å². The van der Waals surface area contributed by atoms with E-state index in [0.717, 1.165) is 12.1 Å². The number of anilines is 2. The van der Waals surface area contributed by atoms with E-state index in [2.05, 4.69) is 15.6 Å². The highest BCUT2D eigenvalue weighted by atomic mass is 32.1. The van der Waals surface area contributed by atoms with Crippen molar-refractivity contribution < 1.29 is 17.9 Å². The van der Waals surface area contributed by atoms with Crippen molar-refractivity contribution in [2.45, 2.75) is 6.18 Å². The van der Waals surface area contributed by atoms with Crippen molar-refractivity contribution in [3.8, 4) is 5.88 Å². The molecule has 1 heterocycles. The number of nitrogens with one attached hydrogen (secondary N) is 2. The van der Waals surface area contributed by atoms with Crippen LogP contribution in [0.2, 0.25) is 0 Å². The number of rotatable bonds is 3. The lowest BCUT2D eigenvalue weighted by atomic mass is 10.2. The average molecular weight is 327 g/mol. The number of methoxy groups -OCH3 is 1. The van der Waals surface area contributed by atoms with E-state index in [1.165, 1.54) is 25.4 Å². The Morgan fingerprint density at radius 2 is 1.86 bits per heavy atom. The maximum atomic E-state index is 12.6. The second-order valence-corrected chi connectivity index (χ2v) is 4.66. The second-order valence-electron chi connectivity index (χ2n) is 4.25. The number of thiocarbonyl (C=S) groups is 1. The highest BCUT2D eigenvalue weighted by molar-refractivity contribution is 7.80. The molecule has 0 aliphatic carbocycles. The van der Waals surface area contributed by atoms with Crippen LogP contribution >= 0.6 is 12.2 Å². The number of halogens is 3. The topological polar surface area (TPSA) is 46.2 Å². The monoisotopic (exact) mass is 327 g/mol. The normalized spacial score (nSPS) is 10.9. The van der Waals surface area contributed by atoms with E-state index in [4.69, 9.17) is 17.0 Å². The summed E-state index contributed by atoms with van der Waals surface area (Å²) in [6, 6.07) is 8.11. The minimum Gasteiger partial charge on any atom is -0.481 e. The van der Waals surface area contributed by atoms with Gasteiger partial charge in [0.1, 0.15) is 0 Å². The summed E-state index contributed by atoms with van der Waals surface area (Å²) in [5, 5.41) is 5.67. The van der Waals surface area contributed by atoms with Crippen LogP contribution in [-0.2, 0) is 6.18 Å². The largest absolute Gasteiger partial charge is 0.481 e. The molecule has 0 spiro atoms. The molecule has 0 atom stereocenters. The molecule has 1 aromatic carbocycles.